The highest BCUT2D eigenvalue weighted by Gasteiger charge is 2.36. The number of aryl methyl sites for hydroxylation is 1. The summed E-state index contributed by atoms with van der Waals surface area (Å²) in [7, 11) is 1.72. The number of thiazole rings is 1. The van der Waals surface area contributed by atoms with Crippen LogP contribution in [0.25, 0.3) is 10.4 Å². The minimum absolute atomic E-state index is 0.126. The van der Waals surface area contributed by atoms with Gasteiger partial charge < -0.3 is 19.5 Å². The van der Waals surface area contributed by atoms with Crippen molar-refractivity contribution in [2.75, 3.05) is 31.6 Å². The molecule has 0 radical (unpaired) electrons. The van der Waals surface area contributed by atoms with Gasteiger partial charge in [-0.05, 0) is 118 Å². The van der Waals surface area contributed by atoms with Crippen molar-refractivity contribution < 1.29 is 24.2 Å². The summed E-state index contributed by atoms with van der Waals surface area (Å²) in [4.78, 5) is 40.8. The van der Waals surface area contributed by atoms with Gasteiger partial charge in [-0.15, -0.1) is 11.3 Å². The van der Waals surface area contributed by atoms with Crippen LogP contribution in [0, 0.1) is 18.8 Å². The number of anilines is 1. The van der Waals surface area contributed by atoms with E-state index in [2.05, 4.69) is 36.2 Å². The zero-order valence-corrected chi connectivity index (χ0v) is 28.3. The molecule has 2 amide bonds. The molecule has 0 bridgehead atoms. The summed E-state index contributed by atoms with van der Waals surface area (Å²) in [6.45, 7) is 3.43. The molecule has 3 aliphatic carbocycles. The van der Waals surface area contributed by atoms with Crippen molar-refractivity contribution in [2.24, 2.45) is 11.8 Å². The zero-order chi connectivity index (χ0) is 32.5. The maximum Gasteiger partial charge on any atom is 0.410 e. The molecule has 4 aliphatic rings. The van der Waals surface area contributed by atoms with E-state index in [1.54, 1.807) is 18.4 Å². The number of hydrogen-bond donors (Lipinski definition) is 1. The van der Waals surface area contributed by atoms with Gasteiger partial charge in [0.05, 0.1) is 36.2 Å². The van der Waals surface area contributed by atoms with Crippen LogP contribution in [0.3, 0.4) is 0 Å². The minimum Gasteiger partial charge on any atom is -0.496 e. The highest BCUT2D eigenvalue weighted by Crippen LogP contribution is 2.44. The highest BCUT2D eigenvalue weighted by atomic mass is 32.1. The van der Waals surface area contributed by atoms with Crippen LogP contribution in [0.2, 0.25) is 0 Å². The van der Waals surface area contributed by atoms with Gasteiger partial charge in [-0.3, -0.25) is 9.69 Å². The molecular formula is C37H46N4O5S. The number of β-amino-alcohol motifs (C(OH)–C–C–N with tert-alkyl or cyclic N) is 1. The third-order valence-corrected chi connectivity index (χ3v) is 11.8. The van der Waals surface area contributed by atoms with E-state index in [4.69, 9.17) is 14.5 Å². The third kappa shape index (κ3) is 7.33. The smallest absolute Gasteiger partial charge is 0.410 e. The number of amides is 2. The van der Waals surface area contributed by atoms with Crippen molar-refractivity contribution in [3.63, 3.8) is 0 Å². The fraction of sp³-hybridized carbons (Fsp3) is 0.568. The summed E-state index contributed by atoms with van der Waals surface area (Å²) >= 11 is 1.75. The lowest BCUT2D eigenvalue weighted by molar-refractivity contribution is -0.124. The van der Waals surface area contributed by atoms with Crippen LogP contribution in [0.5, 0.6) is 5.75 Å². The van der Waals surface area contributed by atoms with Gasteiger partial charge in [-0.1, -0.05) is 12.1 Å². The molecule has 2 aromatic heterocycles. The number of aromatic nitrogens is 2. The summed E-state index contributed by atoms with van der Waals surface area (Å²) in [5.41, 5.74) is 3.60. The molecule has 1 N–H and O–H groups in total. The second-order valence-corrected chi connectivity index (χ2v) is 15.1. The van der Waals surface area contributed by atoms with Gasteiger partial charge in [0.1, 0.15) is 17.7 Å². The number of pyridine rings is 1. The SMILES string of the molecule is COc1ccc([C@H]2CC[C@H](CN(c3cc(-c4cnc(C5CC5)s4)ccn3)C(=O)[C@H]3CC[C@H](OC(=O)N4CC(O)C4)CC3)CC2)cc1C. The first-order valence-corrected chi connectivity index (χ1v) is 18.2. The zero-order valence-electron chi connectivity index (χ0n) is 27.5. The topological polar surface area (TPSA) is 105 Å². The van der Waals surface area contributed by atoms with E-state index in [1.807, 2.05) is 23.4 Å². The minimum atomic E-state index is -0.452. The van der Waals surface area contributed by atoms with Gasteiger partial charge in [0.2, 0.25) is 5.91 Å². The third-order valence-electron chi connectivity index (χ3n) is 10.6. The Labute approximate surface area is 281 Å². The average molecular weight is 659 g/mol. The Morgan fingerprint density at radius 1 is 0.957 bits per heavy atom. The molecule has 0 atom stereocenters. The fourth-order valence-corrected chi connectivity index (χ4v) is 8.60. The summed E-state index contributed by atoms with van der Waals surface area (Å²) < 4.78 is 11.2. The standard InChI is InChI=1S/C37H46N4O5S/c1-23-17-28(11-14-32(23)45-2)25-5-3-24(4-6-25)20-41(34-18-29(15-16-38-34)33-19-39-35(47-33)26-7-8-26)36(43)27-9-12-31(13-10-27)46-37(44)40-21-30(42)22-40/h11,14-19,24-27,30-31,42H,3-10,12-13,20-22H2,1-2H3/t24-,25-,27-,31-. The number of rotatable bonds is 9. The van der Waals surface area contributed by atoms with Gasteiger partial charge in [-0.25, -0.2) is 14.8 Å². The van der Waals surface area contributed by atoms with Crippen molar-refractivity contribution in [1.82, 2.24) is 14.9 Å². The number of hydrogen-bond acceptors (Lipinski definition) is 8. The van der Waals surface area contributed by atoms with E-state index in [-0.39, 0.29) is 24.0 Å². The normalized spacial score (nSPS) is 24.8. The van der Waals surface area contributed by atoms with Crippen molar-refractivity contribution in [1.29, 1.82) is 0 Å². The Kier molecular flexibility index (Phi) is 9.50. The van der Waals surface area contributed by atoms with Crippen LogP contribution >= 0.6 is 11.3 Å². The molecule has 3 saturated carbocycles. The van der Waals surface area contributed by atoms with Gasteiger partial charge in [-0.2, -0.15) is 0 Å². The molecule has 3 heterocycles. The Bertz CT molecular complexity index is 1570. The van der Waals surface area contributed by atoms with E-state index < -0.39 is 6.10 Å². The van der Waals surface area contributed by atoms with Crippen LogP contribution < -0.4 is 9.64 Å². The van der Waals surface area contributed by atoms with E-state index in [9.17, 15) is 14.7 Å². The number of methoxy groups -OCH3 is 1. The van der Waals surface area contributed by atoms with Crippen LogP contribution in [-0.2, 0) is 9.53 Å². The fourth-order valence-electron chi connectivity index (χ4n) is 7.52. The first-order chi connectivity index (χ1) is 22.8. The predicted molar refractivity (Wildman–Crippen MR) is 182 cm³/mol. The summed E-state index contributed by atoms with van der Waals surface area (Å²) in [5.74, 6) is 3.16. The Balaban J connectivity index is 1.04. The van der Waals surface area contributed by atoms with Gasteiger partial charge in [0.25, 0.3) is 0 Å². The molecule has 0 unspecified atom stereocenters. The molecule has 10 heteroatoms. The molecule has 9 nitrogen and oxygen atoms in total. The molecule has 1 aliphatic heterocycles. The maximum absolute atomic E-state index is 14.4. The van der Waals surface area contributed by atoms with Crippen LogP contribution in [-0.4, -0.2) is 70.9 Å². The monoisotopic (exact) mass is 658 g/mol. The van der Waals surface area contributed by atoms with Crippen molar-refractivity contribution >= 4 is 29.2 Å². The van der Waals surface area contributed by atoms with Crippen molar-refractivity contribution in [3.8, 4) is 16.2 Å². The van der Waals surface area contributed by atoms with Crippen LogP contribution in [0.4, 0.5) is 10.6 Å². The first kappa shape index (κ1) is 32.1. The predicted octanol–water partition coefficient (Wildman–Crippen LogP) is 7.08. The summed E-state index contributed by atoms with van der Waals surface area (Å²) in [5, 5.41) is 10.7. The van der Waals surface area contributed by atoms with Crippen LogP contribution in [0.15, 0.2) is 42.7 Å². The lowest BCUT2D eigenvalue weighted by atomic mass is 9.78. The maximum atomic E-state index is 14.4. The molecule has 7 rings (SSSR count). The quantitative estimate of drug-likeness (QED) is 0.262. The number of benzene rings is 1. The van der Waals surface area contributed by atoms with E-state index >= 15 is 0 Å². The number of aliphatic hydroxyl groups is 1. The van der Waals surface area contributed by atoms with E-state index in [1.165, 1.54) is 33.9 Å². The number of nitrogens with zero attached hydrogens (tertiary/aromatic N) is 4. The second kappa shape index (κ2) is 13.9. The lowest BCUT2D eigenvalue weighted by Gasteiger charge is -2.38. The number of ether oxygens (including phenoxy) is 2. The number of aliphatic hydroxyl groups excluding tert-OH is 1. The number of carbonyl (C=O) groups is 2. The first-order valence-electron chi connectivity index (χ1n) is 17.4. The van der Waals surface area contributed by atoms with Crippen molar-refractivity contribution in [3.05, 3.63) is 58.9 Å². The Morgan fingerprint density at radius 2 is 1.70 bits per heavy atom. The lowest BCUT2D eigenvalue weighted by Crippen LogP contribution is -2.54. The van der Waals surface area contributed by atoms with Crippen LogP contribution in [0.1, 0.15) is 92.2 Å². The summed E-state index contributed by atoms with van der Waals surface area (Å²) in [6, 6.07) is 10.6. The molecule has 3 aromatic rings. The molecule has 1 aromatic carbocycles. The molecule has 4 fully saturated rings. The van der Waals surface area contributed by atoms with Gasteiger partial charge >= 0.3 is 6.09 Å². The largest absolute Gasteiger partial charge is 0.496 e. The molecule has 250 valence electrons. The van der Waals surface area contributed by atoms with Crippen molar-refractivity contribution in [2.45, 2.75) is 95.2 Å². The average Bonchev–Trinajstić information content (AvgIpc) is 3.81. The number of likely N-dealkylation sites (tertiary alicyclic amines) is 1. The molecular weight excluding hydrogens is 612 g/mol. The molecule has 1 saturated heterocycles. The van der Waals surface area contributed by atoms with E-state index in [0.29, 0.717) is 68.9 Å². The Hall–Kier alpha value is -3.50. The van der Waals surface area contributed by atoms with Gasteiger partial charge in [0.15, 0.2) is 0 Å². The van der Waals surface area contributed by atoms with E-state index in [0.717, 1.165) is 41.9 Å². The number of carbonyl (C=O) groups excluding carboxylic acids is 2. The second-order valence-electron chi connectivity index (χ2n) is 14.1. The molecule has 47 heavy (non-hydrogen) atoms. The van der Waals surface area contributed by atoms with Gasteiger partial charge in [0, 0.05) is 30.8 Å². The summed E-state index contributed by atoms with van der Waals surface area (Å²) in [6.07, 6.45) is 12.2. The highest BCUT2D eigenvalue weighted by molar-refractivity contribution is 7.15. The Morgan fingerprint density at radius 3 is 2.38 bits per heavy atom. The molecule has 0 spiro atoms.